The van der Waals surface area contributed by atoms with Crippen LogP contribution in [0.4, 0.5) is 5.69 Å². The highest BCUT2D eigenvalue weighted by atomic mass is 35.5. The van der Waals surface area contributed by atoms with Crippen molar-refractivity contribution in [3.63, 3.8) is 0 Å². The molecular formula is C9H16ClN3O4S. The highest BCUT2D eigenvalue weighted by Crippen LogP contribution is 2.13. The van der Waals surface area contributed by atoms with E-state index in [0.29, 0.717) is 11.4 Å². The second-order valence-electron chi connectivity index (χ2n) is 2.85. The first-order valence-electron chi connectivity index (χ1n) is 4.16. The number of hydrogen-bond donors (Lipinski definition) is 2. The van der Waals surface area contributed by atoms with E-state index < -0.39 is 10.0 Å². The molecule has 0 bridgehead atoms. The average Bonchev–Trinajstić information content (AvgIpc) is 2.12. The molecule has 0 unspecified atom stereocenters. The number of halogens is 1. The lowest BCUT2D eigenvalue weighted by Gasteiger charge is -2.00. The van der Waals surface area contributed by atoms with Gasteiger partial charge >= 0.3 is 0 Å². The van der Waals surface area contributed by atoms with Crippen molar-refractivity contribution < 1.29 is 18.6 Å². The Balaban J connectivity index is -0.000000282. The van der Waals surface area contributed by atoms with Gasteiger partial charge in [-0.25, -0.2) is 13.6 Å². The van der Waals surface area contributed by atoms with Crippen molar-refractivity contribution in [1.82, 2.24) is 0 Å². The molecule has 0 atom stereocenters. The van der Waals surface area contributed by atoms with Crippen LogP contribution in [0.2, 0.25) is 0 Å². The quantitative estimate of drug-likeness (QED) is 0.716. The lowest BCUT2D eigenvalue weighted by Crippen LogP contribution is -2.07. The molecule has 1 rings (SSSR count). The van der Waals surface area contributed by atoms with Crippen molar-refractivity contribution in [2.75, 3.05) is 18.6 Å². The summed E-state index contributed by atoms with van der Waals surface area (Å²) in [6.45, 7) is 0.0590. The number of hydrogen-bond acceptors (Lipinski definition) is 5. The highest BCUT2D eigenvalue weighted by Gasteiger charge is 1.91. The Bertz CT molecular complexity index is 465. The second-order valence-corrected chi connectivity index (χ2v) is 4.51. The SMILES string of the molecule is CS(N)(=O)=O.Cl.N#CCOc1cccc(N)c1.O. The first-order chi connectivity index (χ1) is 7.33. The highest BCUT2D eigenvalue weighted by molar-refractivity contribution is 7.88. The van der Waals surface area contributed by atoms with E-state index in [9.17, 15) is 8.42 Å². The lowest BCUT2D eigenvalue weighted by molar-refractivity contribution is 0.368. The van der Waals surface area contributed by atoms with E-state index in [1.807, 2.05) is 6.07 Å². The standard InChI is InChI=1S/C8H8N2O.CH5NO2S.ClH.H2O/c9-4-5-11-8-3-1-2-7(10)6-8;1-5(2,3)4;;/h1-3,6H,5,10H2;1H3,(H2,2,3,4);1H;1H2. The van der Waals surface area contributed by atoms with E-state index in [1.54, 1.807) is 24.3 Å². The van der Waals surface area contributed by atoms with E-state index in [2.05, 4.69) is 5.14 Å². The summed E-state index contributed by atoms with van der Waals surface area (Å²) in [6, 6.07) is 8.85. The molecule has 6 N–H and O–H groups in total. The van der Waals surface area contributed by atoms with Gasteiger partial charge in [-0.2, -0.15) is 5.26 Å². The molecule has 1 aromatic carbocycles. The molecule has 0 heterocycles. The molecule has 0 amide bonds. The van der Waals surface area contributed by atoms with Crippen LogP contribution in [0.25, 0.3) is 0 Å². The van der Waals surface area contributed by atoms with E-state index in [-0.39, 0.29) is 24.5 Å². The van der Waals surface area contributed by atoms with E-state index in [0.717, 1.165) is 6.26 Å². The molecule has 0 aliphatic heterocycles. The van der Waals surface area contributed by atoms with Crippen molar-refractivity contribution in [2.24, 2.45) is 5.14 Å². The van der Waals surface area contributed by atoms with Crippen LogP contribution in [0.1, 0.15) is 0 Å². The maximum absolute atomic E-state index is 9.41. The minimum atomic E-state index is -3.17. The Kier molecular flexibility index (Phi) is 12.8. The average molecular weight is 298 g/mol. The van der Waals surface area contributed by atoms with E-state index in [1.165, 1.54) is 0 Å². The summed E-state index contributed by atoms with van der Waals surface area (Å²) in [5, 5.41) is 12.5. The maximum Gasteiger partial charge on any atom is 0.206 e. The van der Waals surface area contributed by atoms with Crippen LogP contribution in [-0.4, -0.2) is 26.8 Å². The third-order valence-electron chi connectivity index (χ3n) is 1.16. The number of rotatable bonds is 2. The lowest BCUT2D eigenvalue weighted by atomic mass is 10.3. The van der Waals surface area contributed by atoms with E-state index >= 15 is 0 Å². The zero-order valence-corrected chi connectivity index (χ0v) is 11.3. The molecule has 0 fully saturated rings. The van der Waals surface area contributed by atoms with Gasteiger partial charge in [-0.15, -0.1) is 12.4 Å². The van der Waals surface area contributed by atoms with Crippen LogP contribution in [-0.2, 0) is 10.0 Å². The Morgan fingerprint density at radius 1 is 1.44 bits per heavy atom. The third-order valence-corrected chi connectivity index (χ3v) is 1.16. The summed E-state index contributed by atoms with van der Waals surface area (Å²) in [4.78, 5) is 0. The zero-order chi connectivity index (χ0) is 12.6. The Morgan fingerprint density at radius 2 is 1.94 bits per heavy atom. The fourth-order valence-corrected chi connectivity index (χ4v) is 0.720. The minimum absolute atomic E-state index is 0. The minimum Gasteiger partial charge on any atom is -0.479 e. The number of nitriles is 1. The van der Waals surface area contributed by atoms with Gasteiger partial charge in [-0.1, -0.05) is 6.07 Å². The predicted octanol–water partition coefficient (Wildman–Crippen LogP) is -0.327. The summed E-state index contributed by atoms with van der Waals surface area (Å²) < 4.78 is 23.8. The van der Waals surface area contributed by atoms with Gasteiger partial charge in [0, 0.05) is 11.8 Å². The van der Waals surface area contributed by atoms with Crippen molar-refractivity contribution >= 4 is 28.1 Å². The summed E-state index contributed by atoms with van der Waals surface area (Å²) >= 11 is 0. The van der Waals surface area contributed by atoms with Crippen LogP contribution < -0.4 is 15.6 Å². The third kappa shape index (κ3) is 16.9. The number of benzene rings is 1. The van der Waals surface area contributed by atoms with Gasteiger partial charge in [0.25, 0.3) is 0 Å². The molecular weight excluding hydrogens is 282 g/mol. The fraction of sp³-hybridized carbons (Fsp3) is 0.222. The molecule has 0 aliphatic carbocycles. The smallest absolute Gasteiger partial charge is 0.206 e. The van der Waals surface area contributed by atoms with Gasteiger partial charge in [0.05, 0.1) is 6.26 Å². The maximum atomic E-state index is 9.41. The number of nitrogens with zero attached hydrogens (tertiary/aromatic N) is 1. The number of primary sulfonamides is 1. The Labute approximate surface area is 112 Å². The molecule has 0 saturated heterocycles. The molecule has 104 valence electrons. The monoisotopic (exact) mass is 297 g/mol. The van der Waals surface area contributed by atoms with Crippen LogP contribution >= 0.6 is 12.4 Å². The van der Waals surface area contributed by atoms with Crippen LogP contribution in [0.5, 0.6) is 5.75 Å². The topological polar surface area (TPSA) is 151 Å². The van der Waals surface area contributed by atoms with Gasteiger partial charge < -0.3 is 15.9 Å². The fourth-order valence-electron chi connectivity index (χ4n) is 0.720. The van der Waals surface area contributed by atoms with Crippen LogP contribution in [0.15, 0.2) is 24.3 Å². The molecule has 9 heteroatoms. The second kappa shape index (κ2) is 10.6. The zero-order valence-electron chi connectivity index (χ0n) is 9.66. The summed E-state index contributed by atoms with van der Waals surface area (Å²) in [6.07, 6.45) is 0.938. The molecule has 0 aliphatic rings. The molecule has 0 spiro atoms. The Morgan fingerprint density at radius 3 is 2.33 bits per heavy atom. The summed E-state index contributed by atoms with van der Waals surface area (Å²) in [5.41, 5.74) is 6.11. The summed E-state index contributed by atoms with van der Waals surface area (Å²) in [7, 11) is -3.17. The van der Waals surface area contributed by atoms with E-state index in [4.69, 9.17) is 15.7 Å². The van der Waals surface area contributed by atoms with Gasteiger partial charge in [0.2, 0.25) is 10.0 Å². The molecule has 1 aromatic rings. The van der Waals surface area contributed by atoms with Crippen molar-refractivity contribution in [1.29, 1.82) is 5.26 Å². The van der Waals surface area contributed by atoms with Crippen molar-refractivity contribution in [3.8, 4) is 11.8 Å². The van der Waals surface area contributed by atoms with Crippen LogP contribution in [0.3, 0.4) is 0 Å². The normalized spacial score (nSPS) is 8.50. The molecule has 0 aromatic heterocycles. The first kappa shape index (κ1) is 21.7. The van der Waals surface area contributed by atoms with Gasteiger partial charge in [0.1, 0.15) is 11.8 Å². The number of sulfonamides is 1. The molecule has 7 nitrogen and oxygen atoms in total. The van der Waals surface area contributed by atoms with Crippen molar-refractivity contribution in [3.05, 3.63) is 24.3 Å². The molecule has 0 radical (unpaired) electrons. The number of nitrogen functional groups attached to an aromatic ring is 1. The summed E-state index contributed by atoms with van der Waals surface area (Å²) in [5.74, 6) is 0.631. The number of anilines is 1. The molecule has 0 saturated carbocycles. The first-order valence-corrected chi connectivity index (χ1v) is 6.11. The number of ether oxygens (including phenoxy) is 1. The van der Waals surface area contributed by atoms with Crippen LogP contribution in [0, 0.1) is 11.3 Å². The molecule has 18 heavy (non-hydrogen) atoms. The van der Waals surface area contributed by atoms with Gasteiger partial charge in [0.15, 0.2) is 6.61 Å². The van der Waals surface area contributed by atoms with Gasteiger partial charge in [-0.3, -0.25) is 0 Å². The number of nitrogens with two attached hydrogens (primary N) is 2. The Hall–Kier alpha value is -1.53. The van der Waals surface area contributed by atoms with Crippen molar-refractivity contribution in [2.45, 2.75) is 0 Å². The predicted molar refractivity (Wildman–Crippen MR) is 71.9 cm³/mol. The van der Waals surface area contributed by atoms with Gasteiger partial charge in [-0.05, 0) is 12.1 Å². The largest absolute Gasteiger partial charge is 0.479 e.